The third-order valence-corrected chi connectivity index (χ3v) is 2.88. The molecule has 1 unspecified atom stereocenters. The number of nitrogens with zero attached hydrogens (tertiary/aromatic N) is 3. The van der Waals surface area contributed by atoms with E-state index in [9.17, 15) is 0 Å². The van der Waals surface area contributed by atoms with Crippen LogP contribution < -0.4 is 0 Å². The average molecular weight is 168 g/mol. The number of hydrogen-bond donors (Lipinski definition) is 0. The van der Waals surface area contributed by atoms with E-state index in [-0.39, 0.29) is 0 Å². The second kappa shape index (κ2) is 3.15. The van der Waals surface area contributed by atoms with E-state index in [1.54, 1.807) is 0 Å². The molecule has 0 amide bonds. The Hall–Kier alpha value is -0.410. The Kier molecular flexibility index (Phi) is 2.15. The summed E-state index contributed by atoms with van der Waals surface area (Å²) in [5, 5.41) is 0. The van der Waals surface area contributed by atoms with Crippen LogP contribution in [0, 0.1) is 0 Å². The normalized spacial score (nSPS) is 32.8. The van der Waals surface area contributed by atoms with Crippen molar-refractivity contribution in [1.82, 2.24) is 9.80 Å². The highest BCUT2D eigenvalue weighted by Gasteiger charge is 2.35. The van der Waals surface area contributed by atoms with Crippen LogP contribution >= 0.6 is 0 Å². The van der Waals surface area contributed by atoms with Gasteiger partial charge in [-0.25, -0.2) is 14.4 Å². The summed E-state index contributed by atoms with van der Waals surface area (Å²) < 4.78 is 2.32. The number of hydrogen-bond acceptors (Lipinski definition) is 2. The molecule has 0 aromatic carbocycles. The van der Waals surface area contributed by atoms with Gasteiger partial charge in [0.05, 0.1) is 6.54 Å². The average Bonchev–Trinajstić information content (AvgIpc) is 2.61. The van der Waals surface area contributed by atoms with Gasteiger partial charge in [-0.05, 0) is 19.9 Å². The van der Waals surface area contributed by atoms with Gasteiger partial charge in [0.25, 0.3) is 6.29 Å². The third-order valence-electron chi connectivity index (χ3n) is 2.88. The van der Waals surface area contributed by atoms with Crippen LogP contribution in [-0.4, -0.2) is 60.6 Å². The van der Waals surface area contributed by atoms with Gasteiger partial charge < -0.3 is 0 Å². The molecule has 0 aliphatic carbocycles. The van der Waals surface area contributed by atoms with Crippen molar-refractivity contribution >= 4 is 6.21 Å². The first kappa shape index (κ1) is 8.20. The van der Waals surface area contributed by atoms with E-state index in [0.717, 1.165) is 6.54 Å². The molecular weight excluding hydrogens is 150 g/mol. The molecule has 0 radical (unpaired) electrons. The molecule has 3 heteroatoms. The number of rotatable bonds is 1. The monoisotopic (exact) mass is 168 g/mol. The molecule has 2 aliphatic rings. The molecule has 1 fully saturated rings. The van der Waals surface area contributed by atoms with E-state index in [1.165, 1.54) is 25.9 Å². The van der Waals surface area contributed by atoms with Crippen molar-refractivity contribution in [3.8, 4) is 0 Å². The lowest BCUT2D eigenvalue weighted by Crippen LogP contribution is -2.47. The van der Waals surface area contributed by atoms with Crippen molar-refractivity contribution in [2.24, 2.45) is 0 Å². The van der Waals surface area contributed by atoms with Gasteiger partial charge in [-0.1, -0.05) is 0 Å². The fourth-order valence-corrected chi connectivity index (χ4v) is 2.27. The molecule has 0 saturated carbocycles. The van der Waals surface area contributed by atoms with Gasteiger partial charge in [0, 0.05) is 13.1 Å². The van der Waals surface area contributed by atoms with Crippen molar-refractivity contribution in [1.29, 1.82) is 0 Å². The van der Waals surface area contributed by atoms with Gasteiger partial charge in [0.15, 0.2) is 6.21 Å². The van der Waals surface area contributed by atoms with Gasteiger partial charge in [-0.15, -0.1) is 0 Å². The summed E-state index contributed by atoms with van der Waals surface area (Å²) >= 11 is 0. The van der Waals surface area contributed by atoms with E-state index in [0.29, 0.717) is 6.29 Å². The maximum atomic E-state index is 2.56. The summed E-state index contributed by atoms with van der Waals surface area (Å²) in [5.74, 6) is 0. The SMILES string of the molecule is CN1CC=[N+](C)C1N1CCCC1. The minimum atomic E-state index is 0.535. The predicted octanol–water partition coefficient (Wildman–Crippen LogP) is 0.0243. The summed E-state index contributed by atoms with van der Waals surface area (Å²) in [6.07, 6.45) is 5.55. The fourth-order valence-electron chi connectivity index (χ4n) is 2.27. The molecule has 12 heavy (non-hydrogen) atoms. The molecule has 2 heterocycles. The quantitative estimate of drug-likeness (QED) is 0.511. The second-order valence-electron chi connectivity index (χ2n) is 3.88. The largest absolute Gasteiger partial charge is 0.269 e. The summed E-state index contributed by atoms with van der Waals surface area (Å²) in [5.41, 5.74) is 0. The maximum absolute atomic E-state index is 2.56. The first-order valence-corrected chi connectivity index (χ1v) is 4.78. The first-order chi connectivity index (χ1) is 5.79. The van der Waals surface area contributed by atoms with Crippen molar-refractivity contribution < 1.29 is 4.58 Å². The maximum Gasteiger partial charge on any atom is 0.269 e. The Labute approximate surface area is 74.3 Å². The molecule has 3 nitrogen and oxygen atoms in total. The minimum Gasteiger partial charge on any atom is -0.232 e. The van der Waals surface area contributed by atoms with E-state index in [1.807, 2.05) is 0 Å². The van der Waals surface area contributed by atoms with Crippen LogP contribution in [0.4, 0.5) is 0 Å². The van der Waals surface area contributed by atoms with Crippen LogP contribution in [0.3, 0.4) is 0 Å². The lowest BCUT2D eigenvalue weighted by molar-refractivity contribution is -0.573. The summed E-state index contributed by atoms with van der Waals surface area (Å²) in [7, 11) is 4.37. The first-order valence-electron chi connectivity index (χ1n) is 4.78. The zero-order valence-electron chi connectivity index (χ0n) is 8.03. The van der Waals surface area contributed by atoms with Crippen LogP contribution in [0.1, 0.15) is 12.8 Å². The molecule has 0 aromatic heterocycles. The van der Waals surface area contributed by atoms with Crippen LogP contribution in [0.25, 0.3) is 0 Å². The second-order valence-corrected chi connectivity index (χ2v) is 3.88. The lowest BCUT2D eigenvalue weighted by atomic mass is 10.4. The summed E-state index contributed by atoms with van der Waals surface area (Å²) in [6.45, 7) is 3.64. The van der Waals surface area contributed by atoms with Gasteiger partial charge >= 0.3 is 0 Å². The Balaban J connectivity index is 2.05. The lowest BCUT2D eigenvalue weighted by Gasteiger charge is -2.24. The highest BCUT2D eigenvalue weighted by molar-refractivity contribution is 5.55. The van der Waals surface area contributed by atoms with E-state index in [2.05, 4.69) is 34.7 Å². The van der Waals surface area contributed by atoms with Gasteiger partial charge in [0.2, 0.25) is 0 Å². The molecule has 0 bridgehead atoms. The molecule has 1 saturated heterocycles. The van der Waals surface area contributed by atoms with Crippen LogP contribution in [0.2, 0.25) is 0 Å². The molecule has 2 aliphatic heterocycles. The Morgan fingerprint density at radius 1 is 1.33 bits per heavy atom. The Bertz CT molecular complexity index is 194. The molecule has 2 rings (SSSR count). The minimum absolute atomic E-state index is 0.535. The van der Waals surface area contributed by atoms with Crippen molar-refractivity contribution in [3.05, 3.63) is 0 Å². The topological polar surface area (TPSA) is 9.49 Å². The number of likely N-dealkylation sites (tertiary alicyclic amines) is 1. The Morgan fingerprint density at radius 3 is 2.50 bits per heavy atom. The zero-order valence-corrected chi connectivity index (χ0v) is 8.03. The van der Waals surface area contributed by atoms with Crippen molar-refractivity contribution in [2.75, 3.05) is 33.7 Å². The molecule has 1 atom stereocenters. The molecular formula is C9H18N3+. The Morgan fingerprint density at radius 2 is 2.00 bits per heavy atom. The van der Waals surface area contributed by atoms with E-state index >= 15 is 0 Å². The van der Waals surface area contributed by atoms with Crippen LogP contribution in [0.15, 0.2) is 0 Å². The fraction of sp³-hybridized carbons (Fsp3) is 0.889. The highest BCUT2D eigenvalue weighted by Crippen LogP contribution is 2.15. The van der Waals surface area contributed by atoms with Crippen LogP contribution in [-0.2, 0) is 0 Å². The van der Waals surface area contributed by atoms with Gasteiger partial charge in [0.1, 0.15) is 7.05 Å². The molecule has 0 N–H and O–H groups in total. The predicted molar refractivity (Wildman–Crippen MR) is 49.5 cm³/mol. The van der Waals surface area contributed by atoms with Crippen molar-refractivity contribution in [2.45, 2.75) is 19.1 Å². The molecule has 68 valence electrons. The van der Waals surface area contributed by atoms with Crippen LogP contribution in [0.5, 0.6) is 0 Å². The molecule has 0 spiro atoms. The summed E-state index contributed by atoms with van der Waals surface area (Å²) in [4.78, 5) is 4.95. The third kappa shape index (κ3) is 1.27. The smallest absolute Gasteiger partial charge is 0.232 e. The van der Waals surface area contributed by atoms with E-state index in [4.69, 9.17) is 0 Å². The van der Waals surface area contributed by atoms with Crippen molar-refractivity contribution in [3.63, 3.8) is 0 Å². The standard InChI is InChI=1S/C9H18N3/c1-10-7-8-11(2)9(10)12-5-3-4-6-12/h7,9H,3-6,8H2,1-2H3/q+1. The highest BCUT2D eigenvalue weighted by atomic mass is 15.5. The zero-order chi connectivity index (χ0) is 8.55. The van der Waals surface area contributed by atoms with Gasteiger partial charge in [-0.3, -0.25) is 0 Å². The van der Waals surface area contributed by atoms with Gasteiger partial charge in [-0.2, -0.15) is 0 Å². The molecule has 0 aromatic rings. The van der Waals surface area contributed by atoms with E-state index < -0.39 is 0 Å². The summed E-state index contributed by atoms with van der Waals surface area (Å²) in [6, 6.07) is 0.